The molecule has 0 spiro atoms. The predicted octanol–water partition coefficient (Wildman–Crippen LogP) is 4.24. The van der Waals surface area contributed by atoms with Gasteiger partial charge in [-0.3, -0.25) is 4.90 Å². The number of benzene rings is 1. The van der Waals surface area contributed by atoms with Crippen molar-refractivity contribution in [1.82, 2.24) is 19.5 Å². The fourth-order valence-electron chi connectivity index (χ4n) is 5.05. The molecule has 2 aliphatic rings. The first kappa shape index (κ1) is 21.7. The lowest BCUT2D eigenvalue weighted by Gasteiger charge is -2.35. The molecule has 180 valence electrons. The lowest BCUT2D eigenvalue weighted by molar-refractivity contribution is 0.0219. The SMILES string of the molecule is COc1cc(OCC2CCCN2C2CCOCC2)c2cc(-c3cn4nc(OC)sc4n3)oc2c1. The Bertz CT molecular complexity index is 1260. The van der Waals surface area contributed by atoms with E-state index < -0.39 is 0 Å². The quantitative estimate of drug-likeness (QED) is 0.385. The second-order valence-electron chi connectivity index (χ2n) is 8.76. The normalized spacial score (nSPS) is 19.9. The van der Waals surface area contributed by atoms with Gasteiger partial charge >= 0.3 is 0 Å². The van der Waals surface area contributed by atoms with Crippen molar-refractivity contribution < 1.29 is 23.4 Å². The minimum Gasteiger partial charge on any atom is -0.496 e. The molecule has 5 heterocycles. The van der Waals surface area contributed by atoms with Crippen LogP contribution in [0.25, 0.3) is 27.4 Å². The lowest BCUT2D eigenvalue weighted by Crippen LogP contribution is -2.44. The van der Waals surface area contributed by atoms with Gasteiger partial charge < -0.3 is 23.4 Å². The maximum absolute atomic E-state index is 6.42. The van der Waals surface area contributed by atoms with Gasteiger partial charge in [-0.05, 0) is 49.6 Å². The van der Waals surface area contributed by atoms with Crippen molar-refractivity contribution in [3.63, 3.8) is 0 Å². The molecule has 2 aliphatic heterocycles. The highest BCUT2D eigenvalue weighted by Gasteiger charge is 2.32. The summed E-state index contributed by atoms with van der Waals surface area (Å²) in [6, 6.07) is 6.82. The number of hydrogen-bond donors (Lipinski definition) is 0. The fourth-order valence-corrected chi connectivity index (χ4v) is 5.75. The Morgan fingerprint density at radius 3 is 2.79 bits per heavy atom. The van der Waals surface area contributed by atoms with E-state index in [1.165, 1.54) is 17.8 Å². The number of furan rings is 1. The van der Waals surface area contributed by atoms with Crippen LogP contribution in [0.5, 0.6) is 16.7 Å². The van der Waals surface area contributed by atoms with E-state index in [4.69, 9.17) is 23.4 Å². The van der Waals surface area contributed by atoms with E-state index in [2.05, 4.69) is 15.0 Å². The van der Waals surface area contributed by atoms with Gasteiger partial charge in [0.1, 0.15) is 29.4 Å². The molecule has 10 heteroatoms. The average Bonchev–Trinajstić information content (AvgIpc) is 3.64. The largest absolute Gasteiger partial charge is 0.496 e. The second-order valence-corrected chi connectivity index (χ2v) is 9.68. The summed E-state index contributed by atoms with van der Waals surface area (Å²) in [5.41, 5.74) is 1.42. The molecule has 0 saturated carbocycles. The van der Waals surface area contributed by atoms with Crippen molar-refractivity contribution in [3.8, 4) is 28.1 Å². The van der Waals surface area contributed by atoms with Crippen molar-refractivity contribution in [1.29, 1.82) is 0 Å². The van der Waals surface area contributed by atoms with Gasteiger partial charge in [0, 0.05) is 37.4 Å². The first-order valence-corrected chi connectivity index (χ1v) is 12.5. The number of likely N-dealkylation sites (tertiary alicyclic amines) is 1. The topological polar surface area (TPSA) is 83.5 Å². The number of ether oxygens (including phenoxy) is 4. The average molecular weight is 485 g/mol. The zero-order valence-electron chi connectivity index (χ0n) is 19.4. The summed E-state index contributed by atoms with van der Waals surface area (Å²) in [4.78, 5) is 8.02. The maximum Gasteiger partial charge on any atom is 0.294 e. The van der Waals surface area contributed by atoms with E-state index in [0.717, 1.165) is 55.1 Å². The molecule has 4 aromatic rings. The van der Waals surface area contributed by atoms with Crippen LogP contribution >= 0.6 is 11.3 Å². The summed E-state index contributed by atoms with van der Waals surface area (Å²) in [5, 5.41) is 5.83. The van der Waals surface area contributed by atoms with Crippen molar-refractivity contribution in [2.24, 2.45) is 0 Å². The number of aromatic nitrogens is 3. The standard InChI is InChI=1S/C24H28N4O5S/c1-29-17-10-20(32-14-16-4-3-7-27(16)15-5-8-31-9-6-15)18-12-22(33-21(18)11-17)19-13-28-23(25-19)34-24(26-28)30-2/h10-13,15-16H,3-9,14H2,1-2H3. The van der Waals surface area contributed by atoms with Crippen LogP contribution in [-0.4, -0.2) is 72.2 Å². The minimum absolute atomic E-state index is 0.414. The van der Waals surface area contributed by atoms with Crippen LogP contribution in [0.2, 0.25) is 0 Å². The van der Waals surface area contributed by atoms with Gasteiger partial charge in [0.15, 0.2) is 5.76 Å². The van der Waals surface area contributed by atoms with Crippen LogP contribution in [0.15, 0.2) is 28.8 Å². The van der Waals surface area contributed by atoms with Gasteiger partial charge in [0.25, 0.3) is 5.19 Å². The van der Waals surface area contributed by atoms with Gasteiger partial charge in [-0.1, -0.05) is 0 Å². The zero-order valence-corrected chi connectivity index (χ0v) is 20.2. The molecule has 9 nitrogen and oxygen atoms in total. The monoisotopic (exact) mass is 484 g/mol. The van der Waals surface area contributed by atoms with E-state index >= 15 is 0 Å². The molecule has 0 N–H and O–H groups in total. The molecule has 0 radical (unpaired) electrons. The Kier molecular flexibility index (Phi) is 5.80. The van der Waals surface area contributed by atoms with Crippen molar-refractivity contribution in [3.05, 3.63) is 24.4 Å². The molecular formula is C24H28N4O5S. The summed E-state index contributed by atoms with van der Waals surface area (Å²) in [7, 11) is 3.25. The molecule has 1 unspecified atom stereocenters. The van der Waals surface area contributed by atoms with E-state index in [1.54, 1.807) is 18.7 Å². The van der Waals surface area contributed by atoms with Crippen molar-refractivity contribution in [2.45, 2.75) is 37.8 Å². The number of methoxy groups -OCH3 is 2. The molecule has 1 atom stereocenters. The van der Waals surface area contributed by atoms with Crippen LogP contribution in [0.1, 0.15) is 25.7 Å². The molecule has 34 heavy (non-hydrogen) atoms. The van der Waals surface area contributed by atoms with Gasteiger partial charge in [0.05, 0.1) is 25.8 Å². The molecule has 2 saturated heterocycles. The van der Waals surface area contributed by atoms with Crippen LogP contribution in [0.3, 0.4) is 0 Å². The summed E-state index contributed by atoms with van der Waals surface area (Å²) >= 11 is 1.38. The first-order chi connectivity index (χ1) is 16.7. The van der Waals surface area contributed by atoms with E-state index in [-0.39, 0.29) is 0 Å². The van der Waals surface area contributed by atoms with Crippen molar-refractivity contribution in [2.75, 3.05) is 40.6 Å². The molecule has 0 bridgehead atoms. The number of fused-ring (bicyclic) bond motifs is 2. The minimum atomic E-state index is 0.414. The molecule has 6 rings (SSSR count). The highest BCUT2D eigenvalue weighted by molar-refractivity contribution is 7.18. The van der Waals surface area contributed by atoms with Crippen LogP contribution in [0, 0.1) is 0 Å². The summed E-state index contributed by atoms with van der Waals surface area (Å²) < 4.78 is 30.6. The summed E-state index contributed by atoms with van der Waals surface area (Å²) in [6.45, 7) is 3.50. The van der Waals surface area contributed by atoms with Gasteiger partial charge in [0.2, 0.25) is 4.96 Å². The third kappa shape index (κ3) is 3.99. The summed E-state index contributed by atoms with van der Waals surface area (Å²) in [5.74, 6) is 2.13. The number of rotatable bonds is 7. The highest BCUT2D eigenvalue weighted by atomic mass is 32.1. The fraction of sp³-hybridized carbons (Fsp3) is 0.500. The smallest absolute Gasteiger partial charge is 0.294 e. The Labute approximate surface area is 201 Å². The van der Waals surface area contributed by atoms with Gasteiger partial charge in [-0.25, -0.2) is 9.50 Å². The molecule has 3 aromatic heterocycles. The lowest BCUT2D eigenvalue weighted by atomic mass is 10.1. The number of nitrogens with zero attached hydrogens (tertiary/aromatic N) is 4. The van der Waals surface area contributed by atoms with Crippen LogP contribution in [-0.2, 0) is 4.74 Å². The zero-order chi connectivity index (χ0) is 23.1. The molecular weight excluding hydrogens is 456 g/mol. The van der Waals surface area contributed by atoms with Crippen LogP contribution in [0.4, 0.5) is 0 Å². The van der Waals surface area contributed by atoms with Crippen LogP contribution < -0.4 is 14.2 Å². The Morgan fingerprint density at radius 2 is 2.00 bits per heavy atom. The van der Waals surface area contributed by atoms with Crippen molar-refractivity contribution >= 4 is 27.3 Å². The second kappa shape index (κ2) is 9.09. The number of hydrogen-bond acceptors (Lipinski definition) is 9. The molecule has 2 fully saturated rings. The number of imidazole rings is 1. The third-order valence-corrected chi connectivity index (χ3v) is 7.66. The van der Waals surface area contributed by atoms with Gasteiger partial charge in [-0.15, -0.1) is 5.10 Å². The molecule has 0 amide bonds. The molecule has 1 aromatic carbocycles. The van der Waals surface area contributed by atoms with Gasteiger partial charge in [-0.2, -0.15) is 0 Å². The third-order valence-electron chi connectivity index (χ3n) is 6.77. The maximum atomic E-state index is 6.42. The Morgan fingerprint density at radius 1 is 1.12 bits per heavy atom. The molecule has 0 aliphatic carbocycles. The van der Waals surface area contributed by atoms with E-state index in [1.807, 2.05) is 24.4 Å². The Balaban J connectivity index is 1.26. The summed E-state index contributed by atoms with van der Waals surface area (Å²) in [6.07, 6.45) is 6.42. The van der Waals surface area contributed by atoms with E-state index in [0.29, 0.717) is 46.7 Å². The van der Waals surface area contributed by atoms with E-state index in [9.17, 15) is 0 Å². The predicted molar refractivity (Wildman–Crippen MR) is 128 cm³/mol. The highest BCUT2D eigenvalue weighted by Crippen LogP contribution is 2.38. The Hall–Kier alpha value is -2.82. The first-order valence-electron chi connectivity index (χ1n) is 11.7.